The fourth-order valence-electron chi connectivity index (χ4n) is 1.90. The molecule has 0 spiro atoms. The van der Waals surface area contributed by atoms with E-state index in [-0.39, 0.29) is 17.4 Å². The van der Waals surface area contributed by atoms with Crippen LogP contribution in [0.5, 0.6) is 11.5 Å². The molecule has 1 aromatic heterocycles. The van der Waals surface area contributed by atoms with Gasteiger partial charge in [0.25, 0.3) is 5.95 Å². The Balaban J connectivity index is 1.75. The van der Waals surface area contributed by atoms with Crippen LogP contribution in [0.2, 0.25) is 0 Å². The number of hydrogen-bond acceptors (Lipinski definition) is 7. The third kappa shape index (κ3) is 3.59. The molecule has 0 fully saturated rings. The Hall–Kier alpha value is -3.48. The maximum absolute atomic E-state index is 9.66. The largest absolute Gasteiger partial charge is 0.508 e. The lowest BCUT2D eigenvalue weighted by Crippen LogP contribution is -2.00. The monoisotopic (exact) mass is 307 g/mol. The van der Waals surface area contributed by atoms with Gasteiger partial charge in [-0.2, -0.15) is 10.2 Å². The number of phenolic OH excluding ortho intramolecular Hbond substituents is 2. The molecule has 3 N–H and O–H groups in total. The first-order chi connectivity index (χ1) is 11.2. The summed E-state index contributed by atoms with van der Waals surface area (Å²) < 4.78 is 0. The van der Waals surface area contributed by atoms with Gasteiger partial charge in [-0.1, -0.05) is 30.3 Å². The number of hydrazone groups is 1. The van der Waals surface area contributed by atoms with E-state index in [0.29, 0.717) is 11.3 Å². The van der Waals surface area contributed by atoms with Gasteiger partial charge in [0.05, 0.1) is 18.1 Å². The van der Waals surface area contributed by atoms with E-state index in [0.717, 1.165) is 5.56 Å². The van der Waals surface area contributed by atoms with Crippen molar-refractivity contribution in [1.29, 1.82) is 0 Å². The van der Waals surface area contributed by atoms with Gasteiger partial charge >= 0.3 is 0 Å². The van der Waals surface area contributed by atoms with Crippen molar-refractivity contribution in [1.82, 2.24) is 15.2 Å². The van der Waals surface area contributed by atoms with Crippen LogP contribution < -0.4 is 5.43 Å². The highest BCUT2D eigenvalue weighted by atomic mass is 16.3. The molecule has 114 valence electrons. The highest BCUT2D eigenvalue weighted by Crippen LogP contribution is 2.21. The second-order valence-electron chi connectivity index (χ2n) is 4.64. The zero-order valence-corrected chi connectivity index (χ0v) is 12.0. The summed E-state index contributed by atoms with van der Waals surface area (Å²) in [5.74, 6) is 0.143. The van der Waals surface area contributed by atoms with Crippen molar-refractivity contribution in [3.63, 3.8) is 0 Å². The van der Waals surface area contributed by atoms with Crippen LogP contribution in [-0.2, 0) is 0 Å². The Morgan fingerprint density at radius 3 is 2.65 bits per heavy atom. The highest BCUT2D eigenvalue weighted by molar-refractivity contribution is 5.84. The van der Waals surface area contributed by atoms with E-state index < -0.39 is 0 Å². The van der Waals surface area contributed by atoms with E-state index in [4.69, 9.17) is 0 Å². The van der Waals surface area contributed by atoms with Crippen molar-refractivity contribution < 1.29 is 10.2 Å². The van der Waals surface area contributed by atoms with Crippen LogP contribution in [0, 0.1) is 0 Å². The van der Waals surface area contributed by atoms with E-state index in [2.05, 4.69) is 25.7 Å². The predicted molar refractivity (Wildman–Crippen MR) is 86.3 cm³/mol. The lowest BCUT2D eigenvalue weighted by Gasteiger charge is -2.02. The third-order valence-electron chi connectivity index (χ3n) is 3.01. The highest BCUT2D eigenvalue weighted by Gasteiger charge is 2.02. The van der Waals surface area contributed by atoms with Crippen molar-refractivity contribution in [2.75, 3.05) is 5.43 Å². The van der Waals surface area contributed by atoms with Crippen LogP contribution in [-0.4, -0.2) is 31.6 Å². The Labute approximate surface area is 132 Å². The minimum atomic E-state index is -0.0763. The van der Waals surface area contributed by atoms with Crippen molar-refractivity contribution in [3.8, 4) is 22.8 Å². The molecule has 2 aromatic carbocycles. The lowest BCUT2D eigenvalue weighted by molar-refractivity contribution is 0.450. The van der Waals surface area contributed by atoms with Gasteiger partial charge in [0, 0.05) is 17.2 Å². The second-order valence-corrected chi connectivity index (χ2v) is 4.64. The number of phenols is 2. The molecule has 0 saturated carbocycles. The number of nitrogens with one attached hydrogen (secondary N) is 1. The van der Waals surface area contributed by atoms with Gasteiger partial charge in [0.15, 0.2) is 0 Å². The number of aromatic nitrogens is 3. The molecule has 1 heterocycles. The first-order valence-corrected chi connectivity index (χ1v) is 6.78. The van der Waals surface area contributed by atoms with Crippen LogP contribution in [0.15, 0.2) is 59.8 Å². The summed E-state index contributed by atoms with van der Waals surface area (Å²) >= 11 is 0. The minimum absolute atomic E-state index is 0.0179. The molecule has 0 bridgehead atoms. The van der Waals surface area contributed by atoms with Crippen molar-refractivity contribution in [2.45, 2.75) is 0 Å². The lowest BCUT2D eigenvalue weighted by atomic mass is 10.2. The van der Waals surface area contributed by atoms with Crippen LogP contribution >= 0.6 is 0 Å². The van der Waals surface area contributed by atoms with Crippen molar-refractivity contribution in [3.05, 3.63) is 60.3 Å². The quantitative estimate of drug-likeness (QED) is 0.505. The van der Waals surface area contributed by atoms with Crippen LogP contribution in [0.3, 0.4) is 0 Å². The molecular weight excluding hydrogens is 294 g/mol. The van der Waals surface area contributed by atoms with E-state index in [1.54, 1.807) is 6.20 Å². The Bertz CT molecular complexity index is 837. The molecule has 0 unspecified atom stereocenters. The molecule has 3 aromatic rings. The number of nitrogens with zero attached hydrogens (tertiary/aromatic N) is 4. The van der Waals surface area contributed by atoms with E-state index in [9.17, 15) is 10.2 Å². The van der Waals surface area contributed by atoms with E-state index in [1.807, 2.05) is 30.3 Å². The molecule has 0 amide bonds. The van der Waals surface area contributed by atoms with Gasteiger partial charge in [-0.15, -0.1) is 5.10 Å². The summed E-state index contributed by atoms with van der Waals surface area (Å²) in [6.45, 7) is 0. The smallest absolute Gasteiger partial charge is 0.263 e. The zero-order chi connectivity index (χ0) is 16.1. The molecule has 7 nitrogen and oxygen atoms in total. The maximum Gasteiger partial charge on any atom is 0.263 e. The Morgan fingerprint density at radius 2 is 1.87 bits per heavy atom. The Morgan fingerprint density at radius 1 is 1.04 bits per heavy atom. The van der Waals surface area contributed by atoms with Gasteiger partial charge in [0.2, 0.25) is 0 Å². The summed E-state index contributed by atoms with van der Waals surface area (Å²) in [6, 6.07) is 13.8. The number of rotatable bonds is 4. The van der Waals surface area contributed by atoms with Crippen LogP contribution in [0.4, 0.5) is 5.95 Å². The first kappa shape index (κ1) is 14.5. The molecule has 0 aliphatic rings. The van der Waals surface area contributed by atoms with Crippen molar-refractivity contribution in [2.24, 2.45) is 5.10 Å². The average molecular weight is 307 g/mol. The zero-order valence-electron chi connectivity index (χ0n) is 12.0. The topological polar surface area (TPSA) is 104 Å². The van der Waals surface area contributed by atoms with Crippen LogP contribution in [0.1, 0.15) is 5.56 Å². The molecule has 23 heavy (non-hydrogen) atoms. The standard InChI is InChI=1S/C16H13N5O2/c22-13-7-6-12(15(23)8-13)9-17-20-16-19-14(10-18-21-16)11-4-2-1-3-5-11/h1-10,22-23H,(H,19,20,21). The normalized spacial score (nSPS) is 10.8. The first-order valence-electron chi connectivity index (χ1n) is 6.78. The summed E-state index contributed by atoms with van der Waals surface area (Å²) in [5.41, 5.74) is 4.70. The van der Waals surface area contributed by atoms with Gasteiger partial charge < -0.3 is 10.2 Å². The fraction of sp³-hybridized carbons (Fsp3) is 0. The predicted octanol–water partition coefficient (Wildman–Crippen LogP) is 2.40. The van der Waals surface area contributed by atoms with Gasteiger partial charge in [-0.25, -0.2) is 10.4 Å². The fourth-order valence-corrected chi connectivity index (χ4v) is 1.90. The van der Waals surface area contributed by atoms with Gasteiger partial charge in [-0.05, 0) is 12.1 Å². The molecule has 7 heteroatoms. The number of hydrogen-bond donors (Lipinski definition) is 3. The molecule has 0 saturated heterocycles. The molecule has 0 aliphatic carbocycles. The molecule has 3 rings (SSSR count). The number of aromatic hydroxyl groups is 2. The van der Waals surface area contributed by atoms with E-state index in [1.165, 1.54) is 24.4 Å². The number of anilines is 1. The van der Waals surface area contributed by atoms with Crippen molar-refractivity contribution >= 4 is 12.2 Å². The summed E-state index contributed by atoms with van der Waals surface area (Å²) in [7, 11) is 0. The van der Waals surface area contributed by atoms with Gasteiger partial charge in [0.1, 0.15) is 11.5 Å². The number of benzene rings is 2. The average Bonchev–Trinajstić information content (AvgIpc) is 2.58. The second kappa shape index (κ2) is 6.52. The molecular formula is C16H13N5O2. The van der Waals surface area contributed by atoms with Gasteiger partial charge in [-0.3, -0.25) is 0 Å². The SMILES string of the molecule is Oc1ccc(C=NNc2nncc(-c3ccccc3)n2)c(O)c1. The summed E-state index contributed by atoms with van der Waals surface area (Å²) in [6.07, 6.45) is 2.96. The minimum Gasteiger partial charge on any atom is -0.508 e. The molecule has 0 atom stereocenters. The summed E-state index contributed by atoms with van der Waals surface area (Å²) in [5, 5.41) is 30.6. The van der Waals surface area contributed by atoms with E-state index >= 15 is 0 Å². The molecule has 0 aliphatic heterocycles. The third-order valence-corrected chi connectivity index (χ3v) is 3.01. The Kier molecular flexibility index (Phi) is 4.10. The summed E-state index contributed by atoms with van der Waals surface area (Å²) in [4.78, 5) is 4.31. The maximum atomic E-state index is 9.66. The molecule has 0 radical (unpaired) electrons. The van der Waals surface area contributed by atoms with Crippen LogP contribution in [0.25, 0.3) is 11.3 Å².